The predicted octanol–water partition coefficient (Wildman–Crippen LogP) is 1.37. The van der Waals surface area contributed by atoms with Gasteiger partial charge in [0.2, 0.25) is 11.8 Å². The molecule has 0 spiro atoms. The number of nitrogens with zero attached hydrogens (tertiary/aromatic N) is 2. The molecule has 0 saturated carbocycles. The topological polar surface area (TPSA) is 57.7 Å². The number of carbonyl (C=O) groups is 3. The number of benzene rings is 1. The number of hydrogen-bond acceptors (Lipinski definition) is 4. The molecule has 0 unspecified atom stereocenters. The van der Waals surface area contributed by atoms with E-state index in [0.29, 0.717) is 6.54 Å². The molecule has 4 atom stereocenters. The van der Waals surface area contributed by atoms with Gasteiger partial charge in [0.25, 0.3) is 0 Å². The lowest BCUT2D eigenvalue weighted by Crippen LogP contribution is -2.48. The van der Waals surface area contributed by atoms with E-state index in [1.54, 1.807) is 6.08 Å². The summed E-state index contributed by atoms with van der Waals surface area (Å²) in [6.07, 6.45) is 3.32. The third-order valence-electron chi connectivity index (χ3n) is 5.09. The molecule has 6 heteroatoms. The molecule has 2 bridgehead atoms. The minimum atomic E-state index is -0.546. The zero-order valence-corrected chi connectivity index (χ0v) is 14.1. The third-order valence-corrected chi connectivity index (χ3v) is 5.62. The second-order valence-electron chi connectivity index (χ2n) is 6.28. The smallest absolute Gasteiger partial charge is 0.234 e. The summed E-state index contributed by atoms with van der Waals surface area (Å²) in [5.41, 5.74) is 1.06. The number of imide groups is 1. The zero-order chi connectivity index (χ0) is 16.3. The van der Waals surface area contributed by atoms with Crippen molar-refractivity contribution in [2.75, 3.05) is 7.05 Å². The van der Waals surface area contributed by atoms with Crippen LogP contribution in [0.2, 0.25) is 0 Å². The fraction of sp³-hybridized carbons (Fsp3) is 0.353. The van der Waals surface area contributed by atoms with Crippen LogP contribution in [-0.2, 0) is 20.9 Å². The molecule has 118 valence electrons. The van der Waals surface area contributed by atoms with Gasteiger partial charge in [0, 0.05) is 24.1 Å². The van der Waals surface area contributed by atoms with Crippen LogP contribution in [0.4, 0.5) is 0 Å². The van der Waals surface area contributed by atoms with Crippen LogP contribution in [0.25, 0.3) is 0 Å². The third kappa shape index (κ3) is 2.05. The first-order valence-electron chi connectivity index (χ1n) is 7.52. The molecule has 0 radical (unpaired) electrons. The van der Waals surface area contributed by atoms with Gasteiger partial charge in [-0.2, -0.15) is 0 Å². The summed E-state index contributed by atoms with van der Waals surface area (Å²) in [5.74, 6) is -1.47. The maximum atomic E-state index is 12.4. The molecular weight excluding hydrogens is 360 g/mol. The molecule has 1 aromatic rings. The number of hydrogen-bond donors (Lipinski definition) is 0. The van der Waals surface area contributed by atoms with Gasteiger partial charge < -0.3 is 0 Å². The molecule has 0 aliphatic carbocycles. The molecular formula is C17H15BrN2O3. The average molecular weight is 375 g/mol. The van der Waals surface area contributed by atoms with Crippen LogP contribution in [0.3, 0.4) is 0 Å². The van der Waals surface area contributed by atoms with Gasteiger partial charge in [0.15, 0.2) is 5.78 Å². The Kier molecular flexibility index (Phi) is 3.28. The standard InChI is InChI=1S/C17H15BrN2O3/c1-19-16(22)13-11-6-7-12(21)15(14(13)17(19)23)20(11)8-9-2-4-10(18)5-3-9/h2-7,11,13-15H,8H2,1H3/t11-,13+,14+,15+/m0/s1. The Morgan fingerprint density at radius 1 is 1.04 bits per heavy atom. The van der Waals surface area contributed by atoms with E-state index in [4.69, 9.17) is 0 Å². The Hall–Kier alpha value is -1.79. The summed E-state index contributed by atoms with van der Waals surface area (Å²) in [4.78, 5) is 40.4. The fourth-order valence-corrected chi connectivity index (χ4v) is 4.28. The van der Waals surface area contributed by atoms with Crippen molar-refractivity contribution in [3.63, 3.8) is 0 Å². The zero-order valence-electron chi connectivity index (χ0n) is 12.5. The van der Waals surface area contributed by atoms with Crippen LogP contribution in [0.1, 0.15) is 5.56 Å². The monoisotopic (exact) mass is 374 g/mol. The van der Waals surface area contributed by atoms with Gasteiger partial charge in [-0.15, -0.1) is 0 Å². The van der Waals surface area contributed by atoms with Crippen molar-refractivity contribution in [2.24, 2.45) is 11.8 Å². The molecule has 3 aliphatic heterocycles. The number of likely N-dealkylation sites (tertiary alicyclic amines) is 1. The second kappa shape index (κ2) is 5.11. The van der Waals surface area contributed by atoms with Crippen molar-refractivity contribution in [3.05, 3.63) is 46.5 Å². The Bertz CT molecular complexity index is 743. The molecule has 0 aromatic heterocycles. The highest BCUT2D eigenvalue weighted by Crippen LogP contribution is 2.45. The first-order chi connectivity index (χ1) is 11.0. The Morgan fingerprint density at radius 2 is 1.70 bits per heavy atom. The fourth-order valence-electron chi connectivity index (χ4n) is 4.02. The van der Waals surface area contributed by atoms with E-state index in [9.17, 15) is 14.4 Å². The first kappa shape index (κ1) is 14.8. The molecule has 5 nitrogen and oxygen atoms in total. The van der Waals surface area contributed by atoms with E-state index in [-0.39, 0.29) is 23.6 Å². The summed E-state index contributed by atoms with van der Waals surface area (Å²) in [7, 11) is 1.51. The van der Waals surface area contributed by atoms with E-state index in [1.807, 2.05) is 29.2 Å². The Balaban J connectivity index is 1.71. The van der Waals surface area contributed by atoms with Gasteiger partial charge in [-0.05, 0) is 23.8 Å². The molecule has 3 heterocycles. The maximum Gasteiger partial charge on any atom is 0.234 e. The Labute approximate surface area is 142 Å². The quantitative estimate of drug-likeness (QED) is 0.733. The molecule has 1 aromatic carbocycles. The van der Waals surface area contributed by atoms with Crippen molar-refractivity contribution in [3.8, 4) is 0 Å². The number of ketones is 1. The van der Waals surface area contributed by atoms with Crippen molar-refractivity contribution in [2.45, 2.75) is 18.6 Å². The lowest BCUT2D eigenvalue weighted by molar-refractivity contribution is -0.141. The van der Waals surface area contributed by atoms with Gasteiger partial charge >= 0.3 is 0 Å². The van der Waals surface area contributed by atoms with Crippen LogP contribution in [0, 0.1) is 11.8 Å². The molecule has 23 heavy (non-hydrogen) atoms. The minimum absolute atomic E-state index is 0.0812. The SMILES string of the molecule is CN1C(=O)[C@@H]2[C@H](C1=O)[C@@H]1C=CC(=O)[C@H]2N1Cc1ccc(Br)cc1. The van der Waals surface area contributed by atoms with E-state index < -0.39 is 17.9 Å². The highest BCUT2D eigenvalue weighted by Gasteiger charge is 2.63. The second-order valence-corrected chi connectivity index (χ2v) is 7.20. The summed E-state index contributed by atoms with van der Waals surface area (Å²) in [5, 5.41) is 0. The average Bonchev–Trinajstić information content (AvgIpc) is 2.89. The number of carbonyl (C=O) groups excluding carboxylic acids is 3. The van der Waals surface area contributed by atoms with Gasteiger partial charge in [0.05, 0.1) is 17.9 Å². The van der Waals surface area contributed by atoms with Gasteiger partial charge in [-0.25, -0.2) is 0 Å². The maximum absolute atomic E-state index is 12.4. The number of halogens is 1. The Morgan fingerprint density at radius 3 is 2.39 bits per heavy atom. The number of amides is 2. The summed E-state index contributed by atoms with van der Waals surface area (Å²) in [6.45, 7) is 0.552. The van der Waals surface area contributed by atoms with Crippen LogP contribution in [0.5, 0.6) is 0 Å². The normalized spacial score (nSPS) is 32.8. The highest BCUT2D eigenvalue weighted by molar-refractivity contribution is 9.10. The largest absolute Gasteiger partial charge is 0.293 e. The minimum Gasteiger partial charge on any atom is -0.293 e. The number of fused-ring (bicyclic) bond motifs is 5. The number of rotatable bonds is 2. The van der Waals surface area contributed by atoms with E-state index in [2.05, 4.69) is 15.9 Å². The van der Waals surface area contributed by atoms with Crippen LogP contribution < -0.4 is 0 Å². The van der Waals surface area contributed by atoms with Crippen LogP contribution in [-0.4, -0.2) is 46.5 Å². The van der Waals surface area contributed by atoms with E-state index in [0.717, 1.165) is 10.0 Å². The summed E-state index contributed by atoms with van der Waals surface area (Å²) < 4.78 is 0.989. The van der Waals surface area contributed by atoms with Crippen molar-refractivity contribution < 1.29 is 14.4 Å². The van der Waals surface area contributed by atoms with E-state index in [1.165, 1.54) is 18.0 Å². The van der Waals surface area contributed by atoms with Crippen molar-refractivity contribution >= 4 is 33.5 Å². The van der Waals surface area contributed by atoms with Crippen LogP contribution >= 0.6 is 15.9 Å². The lowest BCUT2D eigenvalue weighted by atomic mass is 9.90. The van der Waals surface area contributed by atoms with Gasteiger partial charge in [0.1, 0.15) is 0 Å². The molecule has 2 amide bonds. The van der Waals surface area contributed by atoms with Crippen LogP contribution in [0.15, 0.2) is 40.9 Å². The molecule has 2 saturated heterocycles. The van der Waals surface area contributed by atoms with Crippen molar-refractivity contribution in [1.29, 1.82) is 0 Å². The van der Waals surface area contributed by atoms with E-state index >= 15 is 0 Å². The summed E-state index contributed by atoms with van der Waals surface area (Å²) >= 11 is 3.40. The molecule has 2 fully saturated rings. The lowest BCUT2D eigenvalue weighted by Gasteiger charge is -2.32. The molecule has 0 N–H and O–H groups in total. The van der Waals surface area contributed by atoms with Gasteiger partial charge in [-0.1, -0.05) is 34.1 Å². The summed E-state index contributed by atoms with van der Waals surface area (Å²) in [6, 6.07) is 7.15. The van der Waals surface area contributed by atoms with Gasteiger partial charge in [-0.3, -0.25) is 24.2 Å². The first-order valence-corrected chi connectivity index (χ1v) is 8.32. The van der Waals surface area contributed by atoms with Crippen molar-refractivity contribution in [1.82, 2.24) is 9.80 Å². The molecule has 4 rings (SSSR count). The predicted molar refractivity (Wildman–Crippen MR) is 86.2 cm³/mol. The molecule has 3 aliphatic rings. The highest BCUT2D eigenvalue weighted by atomic mass is 79.9.